The smallest absolute Gasteiger partial charge is 0.383 e. The quantitative estimate of drug-likeness (QED) is 0.856. The van der Waals surface area contributed by atoms with Crippen LogP contribution in [-0.4, -0.2) is 9.97 Å². The van der Waals surface area contributed by atoms with Crippen molar-refractivity contribution in [2.75, 3.05) is 5.73 Å². The van der Waals surface area contributed by atoms with Crippen molar-refractivity contribution in [3.8, 4) is 10.4 Å². The lowest BCUT2D eigenvalue weighted by Gasteiger charge is -2.01. The van der Waals surface area contributed by atoms with Crippen LogP contribution in [0.2, 0.25) is 0 Å². The first kappa shape index (κ1) is 11.8. The molecule has 3 nitrogen and oxygen atoms in total. The standard InChI is InChI=1S/C10H8F3N3S/c1-5-2-6(3-15-8(5)14)7-4-16-9(17-7)10(11,12)13/h2-4H,1H3,(H2,14,15). The fraction of sp³-hybridized carbons (Fsp3) is 0.200. The van der Waals surface area contributed by atoms with Crippen LogP contribution in [0.4, 0.5) is 19.0 Å². The molecule has 2 rings (SSSR count). The van der Waals surface area contributed by atoms with Crippen molar-refractivity contribution in [2.45, 2.75) is 13.1 Å². The Labute approximate surface area is 99.1 Å². The van der Waals surface area contributed by atoms with Gasteiger partial charge in [-0.15, -0.1) is 11.3 Å². The predicted molar refractivity (Wildman–Crippen MR) is 59.5 cm³/mol. The Balaban J connectivity index is 2.40. The average molecular weight is 259 g/mol. The fourth-order valence-electron chi connectivity index (χ4n) is 1.26. The molecule has 0 aliphatic heterocycles. The van der Waals surface area contributed by atoms with Gasteiger partial charge in [0.05, 0.1) is 4.88 Å². The Morgan fingerprint density at radius 2 is 1.94 bits per heavy atom. The lowest BCUT2D eigenvalue weighted by molar-refractivity contribution is -0.137. The Kier molecular flexibility index (Phi) is 2.78. The molecule has 0 spiro atoms. The number of halogens is 3. The second-order valence-electron chi connectivity index (χ2n) is 3.45. The Morgan fingerprint density at radius 3 is 2.47 bits per heavy atom. The maximum atomic E-state index is 12.4. The van der Waals surface area contributed by atoms with Crippen molar-refractivity contribution in [3.05, 3.63) is 29.0 Å². The number of aryl methyl sites for hydroxylation is 1. The van der Waals surface area contributed by atoms with E-state index < -0.39 is 11.2 Å². The highest BCUT2D eigenvalue weighted by Gasteiger charge is 2.34. The van der Waals surface area contributed by atoms with E-state index in [9.17, 15) is 13.2 Å². The first-order chi connectivity index (χ1) is 7.88. The van der Waals surface area contributed by atoms with Crippen molar-refractivity contribution in [3.63, 3.8) is 0 Å². The maximum Gasteiger partial charge on any atom is 0.443 e. The van der Waals surface area contributed by atoms with Crippen molar-refractivity contribution >= 4 is 17.2 Å². The monoisotopic (exact) mass is 259 g/mol. The van der Waals surface area contributed by atoms with Crippen molar-refractivity contribution < 1.29 is 13.2 Å². The zero-order valence-corrected chi connectivity index (χ0v) is 9.56. The van der Waals surface area contributed by atoms with Gasteiger partial charge in [-0.2, -0.15) is 13.2 Å². The number of alkyl halides is 3. The summed E-state index contributed by atoms with van der Waals surface area (Å²) in [6.45, 7) is 1.75. The molecule has 0 amide bonds. The second kappa shape index (κ2) is 3.99. The summed E-state index contributed by atoms with van der Waals surface area (Å²) >= 11 is 0.591. The summed E-state index contributed by atoms with van der Waals surface area (Å²) in [5.41, 5.74) is 6.85. The minimum absolute atomic E-state index is 0.370. The average Bonchev–Trinajstić information content (AvgIpc) is 2.70. The minimum Gasteiger partial charge on any atom is -0.383 e. The van der Waals surface area contributed by atoms with Gasteiger partial charge in [-0.1, -0.05) is 0 Å². The molecule has 7 heteroatoms. The molecule has 2 N–H and O–H groups in total. The van der Waals surface area contributed by atoms with Gasteiger partial charge in [-0.3, -0.25) is 0 Å². The number of hydrogen-bond donors (Lipinski definition) is 1. The second-order valence-corrected chi connectivity index (χ2v) is 4.48. The van der Waals surface area contributed by atoms with E-state index in [1.54, 1.807) is 13.0 Å². The third-order valence-corrected chi connectivity index (χ3v) is 3.24. The van der Waals surface area contributed by atoms with E-state index in [-0.39, 0.29) is 0 Å². The highest BCUT2D eigenvalue weighted by atomic mass is 32.1. The van der Waals surface area contributed by atoms with E-state index in [4.69, 9.17) is 5.73 Å². The van der Waals surface area contributed by atoms with Crippen LogP contribution in [0.15, 0.2) is 18.5 Å². The Morgan fingerprint density at radius 1 is 1.24 bits per heavy atom. The number of nitrogen functional groups attached to an aromatic ring is 1. The molecule has 0 saturated carbocycles. The van der Waals surface area contributed by atoms with Gasteiger partial charge in [0.15, 0.2) is 5.01 Å². The van der Waals surface area contributed by atoms with E-state index in [1.807, 2.05) is 0 Å². The summed E-state index contributed by atoms with van der Waals surface area (Å²) in [5, 5.41) is -0.859. The molecule has 0 radical (unpaired) electrons. The molecule has 2 aromatic rings. The van der Waals surface area contributed by atoms with E-state index in [1.165, 1.54) is 12.4 Å². The van der Waals surface area contributed by atoms with Gasteiger partial charge in [0.2, 0.25) is 0 Å². The highest BCUT2D eigenvalue weighted by Crippen LogP contribution is 2.36. The van der Waals surface area contributed by atoms with Crippen LogP contribution in [0.25, 0.3) is 10.4 Å². The summed E-state index contributed by atoms with van der Waals surface area (Å²) in [7, 11) is 0. The molecule has 0 fully saturated rings. The number of hydrogen-bond acceptors (Lipinski definition) is 4. The van der Waals surface area contributed by atoms with Crippen molar-refractivity contribution in [1.29, 1.82) is 0 Å². The van der Waals surface area contributed by atoms with E-state index in [2.05, 4.69) is 9.97 Å². The van der Waals surface area contributed by atoms with Crippen LogP contribution in [0.1, 0.15) is 10.6 Å². The van der Waals surface area contributed by atoms with Gasteiger partial charge < -0.3 is 5.73 Å². The van der Waals surface area contributed by atoms with E-state index >= 15 is 0 Å². The molecule has 90 valence electrons. The number of rotatable bonds is 1. The van der Waals surface area contributed by atoms with Crippen LogP contribution in [0, 0.1) is 6.92 Å². The number of nitrogens with two attached hydrogens (primary N) is 1. The lowest BCUT2D eigenvalue weighted by Crippen LogP contribution is -2.02. The van der Waals surface area contributed by atoms with Crippen molar-refractivity contribution in [1.82, 2.24) is 9.97 Å². The Bertz CT molecular complexity index is 548. The summed E-state index contributed by atoms with van der Waals surface area (Å²) in [4.78, 5) is 7.68. The molecule has 0 aliphatic carbocycles. The number of nitrogens with zero attached hydrogens (tertiary/aromatic N) is 2. The van der Waals surface area contributed by atoms with Gasteiger partial charge >= 0.3 is 6.18 Å². The summed E-state index contributed by atoms with van der Waals surface area (Å²) in [5.74, 6) is 0.370. The molecular formula is C10H8F3N3S. The topological polar surface area (TPSA) is 51.8 Å². The highest BCUT2D eigenvalue weighted by molar-refractivity contribution is 7.15. The molecule has 0 aliphatic rings. The molecule has 0 bridgehead atoms. The van der Waals surface area contributed by atoms with Crippen LogP contribution < -0.4 is 5.73 Å². The molecule has 0 unspecified atom stereocenters. The summed E-state index contributed by atoms with van der Waals surface area (Å²) < 4.78 is 37.1. The van der Waals surface area contributed by atoms with Crippen LogP contribution in [0.3, 0.4) is 0 Å². The first-order valence-corrected chi connectivity index (χ1v) is 5.45. The number of anilines is 1. The molecular weight excluding hydrogens is 251 g/mol. The van der Waals surface area contributed by atoms with Crippen LogP contribution in [0.5, 0.6) is 0 Å². The van der Waals surface area contributed by atoms with E-state index in [0.717, 1.165) is 5.56 Å². The van der Waals surface area contributed by atoms with Crippen molar-refractivity contribution in [2.24, 2.45) is 0 Å². The zero-order chi connectivity index (χ0) is 12.6. The molecule has 0 saturated heterocycles. The van der Waals surface area contributed by atoms with E-state index in [0.29, 0.717) is 27.6 Å². The number of thiazole rings is 1. The van der Waals surface area contributed by atoms with Crippen LogP contribution >= 0.6 is 11.3 Å². The maximum absolute atomic E-state index is 12.4. The molecule has 0 aromatic carbocycles. The summed E-state index contributed by atoms with van der Waals surface area (Å²) in [6, 6.07) is 1.69. The molecule has 2 aromatic heterocycles. The van der Waals surface area contributed by atoms with Crippen LogP contribution in [-0.2, 0) is 6.18 Å². The fourth-order valence-corrected chi connectivity index (χ4v) is 2.02. The van der Waals surface area contributed by atoms with Gasteiger partial charge in [0, 0.05) is 18.0 Å². The van der Waals surface area contributed by atoms with Gasteiger partial charge in [-0.05, 0) is 18.6 Å². The van der Waals surface area contributed by atoms with Gasteiger partial charge in [-0.25, -0.2) is 9.97 Å². The molecule has 0 atom stereocenters. The number of aromatic nitrogens is 2. The largest absolute Gasteiger partial charge is 0.443 e. The SMILES string of the molecule is Cc1cc(-c2cnc(C(F)(F)F)s2)cnc1N. The predicted octanol–water partition coefficient (Wildman–Crippen LogP) is 3.11. The normalized spacial score (nSPS) is 11.8. The Hall–Kier alpha value is -1.63. The summed E-state index contributed by atoms with van der Waals surface area (Å²) in [6.07, 6.45) is -1.77. The van der Waals surface area contributed by atoms with Gasteiger partial charge in [0.25, 0.3) is 0 Å². The molecule has 17 heavy (non-hydrogen) atoms. The zero-order valence-electron chi connectivity index (χ0n) is 8.75. The number of pyridine rings is 1. The minimum atomic E-state index is -4.40. The first-order valence-electron chi connectivity index (χ1n) is 4.63. The third kappa shape index (κ3) is 2.38. The molecule has 2 heterocycles. The third-order valence-electron chi connectivity index (χ3n) is 2.15. The van der Waals surface area contributed by atoms with Gasteiger partial charge in [0.1, 0.15) is 5.82 Å². The lowest BCUT2D eigenvalue weighted by atomic mass is 10.2.